The summed E-state index contributed by atoms with van der Waals surface area (Å²) in [5.41, 5.74) is 10.8. The molecule has 0 aliphatic heterocycles. The van der Waals surface area contributed by atoms with Crippen LogP contribution in [0.2, 0.25) is 0 Å². The minimum atomic E-state index is 0.669. The third-order valence-electron chi connectivity index (χ3n) is 6.97. The van der Waals surface area contributed by atoms with Crippen LogP contribution >= 0.6 is 0 Å². The van der Waals surface area contributed by atoms with E-state index in [0.29, 0.717) is 17.5 Å². The van der Waals surface area contributed by atoms with Gasteiger partial charge in [0.1, 0.15) is 0 Å². The molecule has 0 saturated heterocycles. The average Bonchev–Trinajstić information content (AvgIpc) is 3.36. The minimum Gasteiger partial charge on any atom is -0.208 e. The van der Waals surface area contributed by atoms with Crippen molar-refractivity contribution in [2.75, 3.05) is 0 Å². The maximum atomic E-state index is 4.85. The lowest BCUT2D eigenvalue weighted by molar-refractivity contribution is 1.07. The number of benzene rings is 5. The molecule has 0 N–H and O–H groups in total. The summed E-state index contributed by atoms with van der Waals surface area (Å²) in [7, 11) is 0. The van der Waals surface area contributed by atoms with Crippen molar-refractivity contribution >= 4 is 0 Å². The molecule has 37 heavy (non-hydrogen) atoms. The Hall–Kier alpha value is -4.89. The summed E-state index contributed by atoms with van der Waals surface area (Å²) < 4.78 is 0. The van der Waals surface area contributed by atoms with Crippen molar-refractivity contribution in [2.24, 2.45) is 0 Å². The second kappa shape index (κ2) is 8.96. The Bertz CT molecular complexity index is 1670. The van der Waals surface area contributed by atoms with Gasteiger partial charge in [-0.3, -0.25) is 0 Å². The summed E-state index contributed by atoms with van der Waals surface area (Å²) in [5, 5.41) is 0. The molecule has 1 heterocycles. The zero-order valence-corrected chi connectivity index (χ0v) is 20.2. The summed E-state index contributed by atoms with van der Waals surface area (Å²) >= 11 is 0. The smallest absolute Gasteiger partial charge is 0.164 e. The first-order valence-corrected chi connectivity index (χ1v) is 12.5. The number of fused-ring (bicyclic) bond motifs is 3. The minimum absolute atomic E-state index is 0.669. The fourth-order valence-corrected chi connectivity index (χ4v) is 5.05. The Morgan fingerprint density at radius 1 is 0.351 bits per heavy atom. The highest BCUT2D eigenvalue weighted by molar-refractivity contribution is 5.82. The first kappa shape index (κ1) is 21.4. The highest BCUT2D eigenvalue weighted by Crippen LogP contribution is 2.39. The molecule has 7 rings (SSSR count). The second-order valence-corrected chi connectivity index (χ2v) is 9.32. The van der Waals surface area contributed by atoms with Crippen LogP contribution in [0.25, 0.3) is 56.4 Å². The molecule has 5 aromatic carbocycles. The van der Waals surface area contributed by atoms with E-state index >= 15 is 0 Å². The maximum absolute atomic E-state index is 4.85. The van der Waals surface area contributed by atoms with Gasteiger partial charge in [-0.25, -0.2) is 15.0 Å². The van der Waals surface area contributed by atoms with Crippen molar-refractivity contribution in [3.8, 4) is 56.4 Å². The third-order valence-corrected chi connectivity index (χ3v) is 6.97. The summed E-state index contributed by atoms with van der Waals surface area (Å²) in [5.74, 6) is 2.01. The van der Waals surface area contributed by atoms with E-state index in [1.54, 1.807) is 0 Å². The van der Waals surface area contributed by atoms with Gasteiger partial charge in [-0.1, -0.05) is 121 Å². The topological polar surface area (TPSA) is 38.7 Å². The number of rotatable bonds is 4. The van der Waals surface area contributed by atoms with Gasteiger partial charge in [0.2, 0.25) is 0 Å². The molecule has 1 aliphatic carbocycles. The number of nitrogens with zero attached hydrogens (tertiary/aromatic N) is 3. The molecule has 0 unspecified atom stereocenters. The summed E-state index contributed by atoms with van der Waals surface area (Å²) in [4.78, 5) is 14.5. The second-order valence-electron chi connectivity index (χ2n) is 9.32. The molecule has 3 heteroatoms. The predicted molar refractivity (Wildman–Crippen MR) is 150 cm³/mol. The molecule has 174 valence electrons. The maximum Gasteiger partial charge on any atom is 0.164 e. The average molecular weight is 474 g/mol. The van der Waals surface area contributed by atoms with E-state index < -0.39 is 0 Å². The van der Waals surface area contributed by atoms with Crippen LogP contribution in [0.15, 0.2) is 127 Å². The normalized spacial score (nSPS) is 11.7. The SMILES string of the molecule is c1ccc(-c2nc(-c3ccccc3)nc(-c3ccc(-c4ccc5c(c4)-c4ccccc4C5)cc3)n2)cc1. The lowest BCUT2D eigenvalue weighted by Gasteiger charge is -2.10. The van der Waals surface area contributed by atoms with Crippen molar-refractivity contribution in [3.63, 3.8) is 0 Å². The van der Waals surface area contributed by atoms with Crippen LogP contribution in [0.5, 0.6) is 0 Å². The Balaban J connectivity index is 1.27. The number of hydrogen-bond acceptors (Lipinski definition) is 3. The molecule has 0 bridgehead atoms. The van der Waals surface area contributed by atoms with Crippen molar-refractivity contribution in [3.05, 3.63) is 139 Å². The quantitative estimate of drug-likeness (QED) is 0.259. The third kappa shape index (κ3) is 4.01. The summed E-state index contributed by atoms with van der Waals surface area (Å²) in [6, 6.07) is 44.2. The predicted octanol–water partition coefficient (Wildman–Crippen LogP) is 8.11. The van der Waals surface area contributed by atoms with Crippen LogP contribution in [0.4, 0.5) is 0 Å². The zero-order valence-electron chi connectivity index (χ0n) is 20.2. The largest absolute Gasteiger partial charge is 0.208 e. The van der Waals surface area contributed by atoms with Crippen LogP contribution in [-0.4, -0.2) is 15.0 Å². The van der Waals surface area contributed by atoms with Crippen LogP contribution in [0.3, 0.4) is 0 Å². The fraction of sp³-hybridized carbons (Fsp3) is 0.0294. The molecule has 0 fully saturated rings. The van der Waals surface area contributed by atoms with Crippen LogP contribution in [0.1, 0.15) is 11.1 Å². The Labute approximate surface area is 216 Å². The molecule has 1 aliphatic rings. The van der Waals surface area contributed by atoms with Gasteiger partial charge in [0, 0.05) is 16.7 Å². The monoisotopic (exact) mass is 473 g/mol. The van der Waals surface area contributed by atoms with Gasteiger partial charge < -0.3 is 0 Å². The van der Waals surface area contributed by atoms with E-state index in [4.69, 9.17) is 15.0 Å². The van der Waals surface area contributed by atoms with E-state index in [1.807, 2.05) is 60.7 Å². The molecule has 0 amide bonds. The van der Waals surface area contributed by atoms with E-state index in [2.05, 4.69) is 66.7 Å². The van der Waals surface area contributed by atoms with Gasteiger partial charge in [0.05, 0.1) is 0 Å². The molecule has 6 aromatic rings. The van der Waals surface area contributed by atoms with E-state index in [9.17, 15) is 0 Å². The Morgan fingerprint density at radius 3 is 1.43 bits per heavy atom. The van der Waals surface area contributed by atoms with Crippen molar-refractivity contribution in [1.82, 2.24) is 15.0 Å². The first-order valence-electron chi connectivity index (χ1n) is 12.5. The van der Waals surface area contributed by atoms with Gasteiger partial charge >= 0.3 is 0 Å². The zero-order chi connectivity index (χ0) is 24.6. The standard InChI is InChI=1S/C34H23N3/c1-3-9-24(10-4-1)32-35-33(25-11-5-2-6-12-25)37-34(36-32)26-17-15-23(16-18-26)27-19-20-29-21-28-13-7-8-14-30(28)31(29)22-27/h1-20,22H,21H2. The van der Waals surface area contributed by atoms with Gasteiger partial charge in [-0.2, -0.15) is 0 Å². The Kier molecular flexibility index (Phi) is 5.18. The van der Waals surface area contributed by atoms with E-state index in [0.717, 1.165) is 23.1 Å². The number of aromatic nitrogens is 3. The van der Waals surface area contributed by atoms with Gasteiger partial charge in [0.15, 0.2) is 17.5 Å². The molecule has 3 nitrogen and oxygen atoms in total. The molecule has 0 radical (unpaired) electrons. The van der Waals surface area contributed by atoms with Crippen LogP contribution in [0, 0.1) is 0 Å². The highest BCUT2D eigenvalue weighted by Gasteiger charge is 2.18. The highest BCUT2D eigenvalue weighted by atomic mass is 15.0. The molecule has 1 aromatic heterocycles. The lowest BCUT2D eigenvalue weighted by atomic mass is 9.98. The lowest BCUT2D eigenvalue weighted by Crippen LogP contribution is -2.00. The molecule has 0 atom stereocenters. The van der Waals surface area contributed by atoms with E-state index in [1.165, 1.54) is 33.4 Å². The van der Waals surface area contributed by atoms with Gasteiger partial charge in [0.25, 0.3) is 0 Å². The van der Waals surface area contributed by atoms with Crippen LogP contribution in [-0.2, 0) is 6.42 Å². The summed E-state index contributed by atoms with van der Waals surface area (Å²) in [6.07, 6.45) is 1.01. The van der Waals surface area contributed by atoms with Crippen molar-refractivity contribution < 1.29 is 0 Å². The van der Waals surface area contributed by atoms with Crippen molar-refractivity contribution in [1.29, 1.82) is 0 Å². The van der Waals surface area contributed by atoms with Crippen molar-refractivity contribution in [2.45, 2.75) is 6.42 Å². The number of hydrogen-bond donors (Lipinski definition) is 0. The molecular formula is C34H23N3. The molecule has 0 spiro atoms. The molecule has 0 saturated carbocycles. The van der Waals surface area contributed by atoms with Gasteiger partial charge in [-0.15, -0.1) is 0 Å². The molecular weight excluding hydrogens is 450 g/mol. The van der Waals surface area contributed by atoms with Crippen LogP contribution < -0.4 is 0 Å². The van der Waals surface area contributed by atoms with Gasteiger partial charge in [-0.05, 0) is 45.9 Å². The summed E-state index contributed by atoms with van der Waals surface area (Å²) in [6.45, 7) is 0. The fourth-order valence-electron chi connectivity index (χ4n) is 5.05. The Morgan fingerprint density at radius 2 is 0.811 bits per heavy atom. The van der Waals surface area contributed by atoms with E-state index in [-0.39, 0.29) is 0 Å². The first-order chi connectivity index (χ1) is 18.3.